The van der Waals surface area contributed by atoms with Crippen molar-refractivity contribution in [3.63, 3.8) is 0 Å². The molecule has 1 N–H and O–H groups in total. The molecule has 1 amide bonds. The number of hydrogen-bond acceptors (Lipinski definition) is 4. The third-order valence-corrected chi connectivity index (χ3v) is 5.58. The monoisotopic (exact) mass is 388 g/mol. The lowest BCUT2D eigenvalue weighted by atomic mass is 9.79. The van der Waals surface area contributed by atoms with Gasteiger partial charge in [0.2, 0.25) is 5.91 Å². The number of nitrogens with zero attached hydrogens (tertiary/aromatic N) is 1. The average molecular weight is 388 g/mol. The molecule has 28 heavy (non-hydrogen) atoms. The lowest BCUT2D eigenvalue weighted by Gasteiger charge is -2.30. The molecule has 1 heterocycles. The number of ether oxygens (including phenoxy) is 1. The van der Waals surface area contributed by atoms with Gasteiger partial charge in [0.25, 0.3) is 0 Å². The van der Waals surface area contributed by atoms with E-state index in [4.69, 9.17) is 9.15 Å². The van der Waals surface area contributed by atoms with Crippen molar-refractivity contribution in [3.05, 3.63) is 59.8 Å². The van der Waals surface area contributed by atoms with Gasteiger partial charge in [-0.3, -0.25) is 9.69 Å². The molecule has 1 aliphatic carbocycles. The number of halogens is 1. The van der Waals surface area contributed by atoms with Gasteiger partial charge in [-0.25, -0.2) is 4.39 Å². The Bertz CT molecular complexity index is 725. The van der Waals surface area contributed by atoms with Gasteiger partial charge in [-0.15, -0.1) is 0 Å². The van der Waals surface area contributed by atoms with Crippen LogP contribution in [0.5, 0.6) is 0 Å². The van der Waals surface area contributed by atoms with E-state index >= 15 is 0 Å². The fraction of sp³-hybridized carbons (Fsp3) is 0.500. The molecule has 0 aliphatic heterocycles. The maximum absolute atomic E-state index is 13.3. The summed E-state index contributed by atoms with van der Waals surface area (Å²) in [6.45, 7) is 2.62. The smallest absolute Gasteiger partial charge is 0.234 e. The van der Waals surface area contributed by atoms with Gasteiger partial charge in [0, 0.05) is 25.6 Å². The van der Waals surface area contributed by atoms with E-state index in [1.54, 1.807) is 13.4 Å². The standard InChI is InChI=1S/C22H29FN2O3/c1-27-14-12-25(15-20-5-4-13-28-20)16-21(26)24-17-22(10-2-3-11-22)18-6-8-19(23)9-7-18/h4-9,13H,2-3,10-12,14-17H2,1H3,(H,24,26). The van der Waals surface area contributed by atoms with Gasteiger partial charge in [0.1, 0.15) is 11.6 Å². The van der Waals surface area contributed by atoms with Crippen LogP contribution in [0.2, 0.25) is 0 Å². The summed E-state index contributed by atoms with van der Waals surface area (Å²) >= 11 is 0. The van der Waals surface area contributed by atoms with E-state index in [-0.39, 0.29) is 23.7 Å². The molecule has 3 rings (SSSR count). The first-order chi connectivity index (χ1) is 13.6. The van der Waals surface area contributed by atoms with Crippen molar-refractivity contribution in [1.82, 2.24) is 10.2 Å². The Balaban J connectivity index is 1.59. The number of nitrogens with one attached hydrogen (secondary N) is 1. The molecule has 0 atom stereocenters. The Kier molecular flexibility index (Phi) is 7.23. The zero-order valence-electron chi connectivity index (χ0n) is 16.5. The molecule has 1 aromatic heterocycles. The molecule has 0 saturated heterocycles. The SMILES string of the molecule is COCCN(CC(=O)NCC1(c2ccc(F)cc2)CCCC1)Cc1ccco1. The van der Waals surface area contributed by atoms with Crippen molar-refractivity contribution in [1.29, 1.82) is 0 Å². The summed E-state index contributed by atoms with van der Waals surface area (Å²) in [5.41, 5.74) is 1.01. The first-order valence-electron chi connectivity index (χ1n) is 9.88. The predicted octanol–water partition coefficient (Wildman–Crippen LogP) is 3.50. The molecule has 2 aromatic rings. The highest BCUT2D eigenvalue weighted by atomic mass is 19.1. The molecule has 152 valence electrons. The Morgan fingerprint density at radius 1 is 1.25 bits per heavy atom. The zero-order valence-corrected chi connectivity index (χ0v) is 16.5. The van der Waals surface area contributed by atoms with Crippen LogP contribution in [0.15, 0.2) is 47.1 Å². The normalized spacial score (nSPS) is 15.8. The van der Waals surface area contributed by atoms with E-state index in [2.05, 4.69) is 5.32 Å². The molecular formula is C22H29FN2O3. The minimum absolute atomic E-state index is 0.0176. The van der Waals surface area contributed by atoms with E-state index in [0.717, 1.165) is 37.0 Å². The Labute approximate surface area is 165 Å². The molecule has 5 nitrogen and oxygen atoms in total. The maximum atomic E-state index is 13.3. The Hall–Kier alpha value is -2.18. The van der Waals surface area contributed by atoms with Crippen LogP contribution in [0, 0.1) is 5.82 Å². The van der Waals surface area contributed by atoms with Crippen LogP contribution in [0.3, 0.4) is 0 Å². The van der Waals surface area contributed by atoms with Crippen LogP contribution in [-0.4, -0.2) is 44.2 Å². The molecular weight excluding hydrogens is 359 g/mol. The average Bonchev–Trinajstić information content (AvgIpc) is 3.38. The molecule has 0 unspecified atom stereocenters. The van der Waals surface area contributed by atoms with Crippen molar-refractivity contribution >= 4 is 5.91 Å². The van der Waals surface area contributed by atoms with Crippen molar-refractivity contribution in [3.8, 4) is 0 Å². The van der Waals surface area contributed by atoms with E-state index in [0.29, 0.717) is 26.2 Å². The summed E-state index contributed by atoms with van der Waals surface area (Å²) in [5.74, 6) is 0.575. The number of hydrogen-bond donors (Lipinski definition) is 1. The zero-order chi connectivity index (χ0) is 19.8. The van der Waals surface area contributed by atoms with Crippen molar-refractivity contribution in [2.45, 2.75) is 37.6 Å². The molecule has 1 aromatic carbocycles. The first kappa shape index (κ1) is 20.6. The Morgan fingerprint density at radius 3 is 2.64 bits per heavy atom. The highest BCUT2D eigenvalue weighted by molar-refractivity contribution is 5.78. The summed E-state index contributed by atoms with van der Waals surface area (Å²) in [6, 6.07) is 10.5. The molecule has 1 aliphatic rings. The fourth-order valence-corrected chi connectivity index (χ4v) is 4.01. The summed E-state index contributed by atoms with van der Waals surface area (Å²) in [4.78, 5) is 14.7. The summed E-state index contributed by atoms with van der Waals surface area (Å²) in [6.07, 6.45) is 5.92. The minimum Gasteiger partial charge on any atom is -0.468 e. The predicted molar refractivity (Wildman–Crippen MR) is 105 cm³/mol. The minimum atomic E-state index is -0.229. The quantitative estimate of drug-likeness (QED) is 0.677. The molecule has 0 spiro atoms. The molecule has 1 saturated carbocycles. The van der Waals surface area contributed by atoms with Crippen molar-refractivity contribution < 1.29 is 18.3 Å². The number of amides is 1. The topological polar surface area (TPSA) is 54.7 Å². The number of carbonyl (C=O) groups excluding carboxylic acids is 1. The second-order valence-electron chi connectivity index (χ2n) is 7.55. The lowest BCUT2D eigenvalue weighted by Crippen LogP contribution is -2.44. The van der Waals surface area contributed by atoms with Crippen LogP contribution in [0.4, 0.5) is 4.39 Å². The molecule has 1 fully saturated rings. The fourth-order valence-electron chi connectivity index (χ4n) is 4.01. The van der Waals surface area contributed by atoms with Crippen LogP contribution in [0.25, 0.3) is 0 Å². The van der Waals surface area contributed by atoms with Gasteiger partial charge in [0.15, 0.2) is 0 Å². The van der Waals surface area contributed by atoms with E-state index in [1.807, 2.05) is 29.2 Å². The largest absolute Gasteiger partial charge is 0.468 e. The van der Waals surface area contributed by atoms with Gasteiger partial charge in [0.05, 0.1) is 26.0 Å². The summed E-state index contributed by atoms with van der Waals surface area (Å²) in [7, 11) is 1.65. The lowest BCUT2D eigenvalue weighted by molar-refractivity contribution is -0.122. The van der Waals surface area contributed by atoms with E-state index in [9.17, 15) is 9.18 Å². The number of carbonyl (C=O) groups is 1. The highest BCUT2D eigenvalue weighted by Crippen LogP contribution is 2.40. The number of methoxy groups -OCH3 is 1. The summed E-state index contributed by atoms with van der Waals surface area (Å²) < 4.78 is 23.9. The van der Waals surface area contributed by atoms with Crippen molar-refractivity contribution in [2.75, 3.05) is 33.4 Å². The van der Waals surface area contributed by atoms with Crippen LogP contribution in [0.1, 0.15) is 37.0 Å². The molecule has 0 bridgehead atoms. The van der Waals surface area contributed by atoms with E-state index in [1.165, 1.54) is 12.1 Å². The number of furan rings is 1. The van der Waals surface area contributed by atoms with Crippen LogP contribution >= 0.6 is 0 Å². The second kappa shape index (κ2) is 9.85. The third kappa shape index (κ3) is 5.42. The first-order valence-corrected chi connectivity index (χ1v) is 9.88. The second-order valence-corrected chi connectivity index (χ2v) is 7.55. The van der Waals surface area contributed by atoms with Gasteiger partial charge in [-0.1, -0.05) is 25.0 Å². The van der Waals surface area contributed by atoms with Gasteiger partial charge < -0.3 is 14.5 Å². The van der Waals surface area contributed by atoms with Crippen LogP contribution in [-0.2, 0) is 21.5 Å². The number of rotatable bonds is 10. The van der Waals surface area contributed by atoms with Gasteiger partial charge >= 0.3 is 0 Å². The van der Waals surface area contributed by atoms with Crippen LogP contribution < -0.4 is 5.32 Å². The highest BCUT2D eigenvalue weighted by Gasteiger charge is 2.36. The molecule has 0 radical (unpaired) electrons. The van der Waals surface area contributed by atoms with Gasteiger partial charge in [-0.05, 0) is 42.7 Å². The third-order valence-electron chi connectivity index (χ3n) is 5.58. The molecule has 6 heteroatoms. The van der Waals surface area contributed by atoms with Gasteiger partial charge in [-0.2, -0.15) is 0 Å². The van der Waals surface area contributed by atoms with E-state index < -0.39 is 0 Å². The number of benzene rings is 1. The summed E-state index contributed by atoms with van der Waals surface area (Å²) in [5, 5.41) is 3.12. The maximum Gasteiger partial charge on any atom is 0.234 e. The Morgan fingerprint density at radius 2 is 2.00 bits per heavy atom. The van der Waals surface area contributed by atoms with Crippen molar-refractivity contribution in [2.24, 2.45) is 0 Å².